The molecule has 6 heteroatoms. The molecule has 6 nitrogen and oxygen atoms in total. The molecule has 1 unspecified atom stereocenters. The summed E-state index contributed by atoms with van der Waals surface area (Å²) in [7, 11) is 0. The number of benzene rings is 1. The molecule has 0 aliphatic carbocycles. The van der Waals surface area contributed by atoms with E-state index in [1.807, 2.05) is 19.1 Å². The summed E-state index contributed by atoms with van der Waals surface area (Å²) < 4.78 is 20.8. The van der Waals surface area contributed by atoms with Crippen LogP contribution in [0.4, 0.5) is 0 Å². The molecule has 0 radical (unpaired) electrons. The number of esters is 1. The Morgan fingerprint density at radius 2 is 1.65 bits per heavy atom. The molecular formula is C17H26O6. The number of carbonyl (C=O) groups is 1. The van der Waals surface area contributed by atoms with E-state index in [1.165, 1.54) is 0 Å². The van der Waals surface area contributed by atoms with E-state index in [0.717, 1.165) is 5.56 Å². The van der Waals surface area contributed by atoms with Crippen LogP contribution in [0.3, 0.4) is 0 Å². The van der Waals surface area contributed by atoms with Crippen LogP contribution in [0.15, 0.2) is 24.3 Å². The molecule has 23 heavy (non-hydrogen) atoms. The first-order chi connectivity index (χ1) is 11.2. The molecule has 1 rings (SSSR count). The molecule has 0 saturated carbocycles. The number of ether oxygens (including phenoxy) is 4. The van der Waals surface area contributed by atoms with Crippen molar-refractivity contribution < 1.29 is 28.8 Å². The summed E-state index contributed by atoms with van der Waals surface area (Å²) in [6.45, 7) is 6.70. The second-order valence-electron chi connectivity index (χ2n) is 4.77. The van der Waals surface area contributed by atoms with Gasteiger partial charge in [-0.1, -0.05) is 12.1 Å². The zero-order chi connectivity index (χ0) is 16.9. The van der Waals surface area contributed by atoms with Gasteiger partial charge in [0.1, 0.15) is 12.4 Å². The van der Waals surface area contributed by atoms with E-state index < -0.39 is 12.1 Å². The number of hydrogen-bond donors (Lipinski definition) is 1. The van der Waals surface area contributed by atoms with Gasteiger partial charge >= 0.3 is 5.97 Å². The maximum absolute atomic E-state index is 11.4. The lowest BCUT2D eigenvalue weighted by Gasteiger charge is -2.11. The number of aliphatic hydroxyl groups is 1. The Balaban J connectivity index is 2.24. The average molecular weight is 326 g/mol. The Morgan fingerprint density at radius 1 is 1.00 bits per heavy atom. The Kier molecular flexibility index (Phi) is 10.0. The lowest BCUT2D eigenvalue weighted by molar-refractivity contribution is -0.152. The Bertz CT molecular complexity index is 431. The molecule has 0 saturated heterocycles. The summed E-state index contributed by atoms with van der Waals surface area (Å²) in [6, 6.07) is 7.22. The second-order valence-corrected chi connectivity index (χ2v) is 4.77. The average Bonchev–Trinajstić information content (AvgIpc) is 2.55. The first-order valence-corrected chi connectivity index (χ1v) is 7.89. The van der Waals surface area contributed by atoms with Crippen LogP contribution in [0.25, 0.3) is 0 Å². The van der Waals surface area contributed by atoms with Crippen LogP contribution in [0.1, 0.15) is 19.4 Å². The summed E-state index contributed by atoms with van der Waals surface area (Å²) in [5.74, 6) is 0.116. The first kappa shape index (κ1) is 19.4. The van der Waals surface area contributed by atoms with Crippen molar-refractivity contribution in [2.45, 2.75) is 26.4 Å². The molecule has 0 aliphatic heterocycles. The minimum atomic E-state index is -1.14. The number of hydrogen-bond acceptors (Lipinski definition) is 6. The van der Waals surface area contributed by atoms with E-state index in [2.05, 4.69) is 0 Å². The van der Waals surface area contributed by atoms with Gasteiger partial charge in [0.2, 0.25) is 0 Å². The molecule has 0 spiro atoms. The predicted octanol–water partition coefficient (Wildman–Crippen LogP) is 1.58. The normalized spacial score (nSPS) is 12.0. The van der Waals surface area contributed by atoms with E-state index in [0.29, 0.717) is 38.8 Å². The third kappa shape index (κ3) is 8.54. The van der Waals surface area contributed by atoms with Crippen LogP contribution in [-0.2, 0) is 25.4 Å². The first-order valence-electron chi connectivity index (χ1n) is 7.89. The summed E-state index contributed by atoms with van der Waals surface area (Å²) >= 11 is 0. The fraction of sp³-hybridized carbons (Fsp3) is 0.588. The maximum atomic E-state index is 11.4. The molecular weight excluding hydrogens is 300 g/mol. The molecule has 0 amide bonds. The smallest absolute Gasteiger partial charge is 0.335 e. The van der Waals surface area contributed by atoms with Crippen LogP contribution < -0.4 is 4.74 Å². The molecule has 0 aliphatic rings. The van der Waals surface area contributed by atoms with Crippen molar-refractivity contribution in [3.8, 4) is 5.75 Å². The van der Waals surface area contributed by atoms with Gasteiger partial charge < -0.3 is 24.1 Å². The molecule has 0 fully saturated rings. The SMILES string of the molecule is CCOCCOCCOc1ccc(CC(O)C(=O)OCC)cc1. The lowest BCUT2D eigenvalue weighted by Crippen LogP contribution is -2.25. The van der Waals surface area contributed by atoms with Crippen LogP contribution in [0.2, 0.25) is 0 Å². The highest BCUT2D eigenvalue weighted by atomic mass is 16.5. The topological polar surface area (TPSA) is 74.2 Å². The standard InChI is InChI=1S/C17H26O6/c1-3-20-9-10-21-11-12-23-15-7-5-14(6-8-15)13-16(18)17(19)22-4-2/h5-8,16,18H,3-4,9-13H2,1-2H3. The van der Waals surface area contributed by atoms with Gasteiger partial charge in [-0.15, -0.1) is 0 Å². The van der Waals surface area contributed by atoms with Gasteiger partial charge in [-0.05, 0) is 31.5 Å². The fourth-order valence-corrected chi connectivity index (χ4v) is 1.85. The van der Waals surface area contributed by atoms with Gasteiger partial charge in [-0.3, -0.25) is 0 Å². The fourth-order valence-electron chi connectivity index (χ4n) is 1.85. The number of rotatable bonds is 12. The number of aliphatic hydroxyl groups excluding tert-OH is 1. The van der Waals surface area contributed by atoms with Crippen molar-refractivity contribution in [3.63, 3.8) is 0 Å². The second kappa shape index (κ2) is 11.9. The molecule has 1 aromatic carbocycles. The third-order valence-corrected chi connectivity index (χ3v) is 2.98. The summed E-state index contributed by atoms with van der Waals surface area (Å²) in [4.78, 5) is 11.4. The van der Waals surface area contributed by atoms with Gasteiger partial charge in [0, 0.05) is 13.0 Å². The van der Waals surface area contributed by atoms with E-state index in [1.54, 1.807) is 19.1 Å². The quantitative estimate of drug-likeness (QED) is 0.464. The summed E-state index contributed by atoms with van der Waals surface area (Å²) in [5.41, 5.74) is 0.839. The summed E-state index contributed by atoms with van der Waals surface area (Å²) in [6.07, 6.45) is -0.917. The predicted molar refractivity (Wildman–Crippen MR) is 85.6 cm³/mol. The minimum Gasteiger partial charge on any atom is -0.491 e. The van der Waals surface area contributed by atoms with Crippen molar-refractivity contribution in [2.75, 3.05) is 39.6 Å². The highest BCUT2D eigenvalue weighted by Gasteiger charge is 2.16. The van der Waals surface area contributed by atoms with Crippen molar-refractivity contribution in [1.82, 2.24) is 0 Å². The van der Waals surface area contributed by atoms with Crippen LogP contribution in [-0.4, -0.2) is 56.8 Å². The van der Waals surface area contributed by atoms with E-state index >= 15 is 0 Å². The van der Waals surface area contributed by atoms with Crippen molar-refractivity contribution in [1.29, 1.82) is 0 Å². The Morgan fingerprint density at radius 3 is 2.30 bits per heavy atom. The van der Waals surface area contributed by atoms with Crippen LogP contribution in [0.5, 0.6) is 5.75 Å². The minimum absolute atomic E-state index is 0.222. The molecule has 0 aromatic heterocycles. The van der Waals surface area contributed by atoms with Crippen LogP contribution in [0, 0.1) is 0 Å². The highest BCUT2D eigenvalue weighted by molar-refractivity contribution is 5.74. The van der Waals surface area contributed by atoms with Gasteiger partial charge in [-0.2, -0.15) is 0 Å². The van der Waals surface area contributed by atoms with Gasteiger partial charge in [-0.25, -0.2) is 4.79 Å². The molecule has 1 N–H and O–H groups in total. The molecule has 130 valence electrons. The largest absolute Gasteiger partial charge is 0.491 e. The maximum Gasteiger partial charge on any atom is 0.335 e. The van der Waals surface area contributed by atoms with Crippen LogP contribution >= 0.6 is 0 Å². The third-order valence-electron chi connectivity index (χ3n) is 2.98. The van der Waals surface area contributed by atoms with Gasteiger partial charge in [0.25, 0.3) is 0 Å². The van der Waals surface area contributed by atoms with Gasteiger partial charge in [0.05, 0.1) is 26.4 Å². The molecule has 0 heterocycles. The lowest BCUT2D eigenvalue weighted by atomic mass is 10.1. The van der Waals surface area contributed by atoms with Gasteiger partial charge in [0.15, 0.2) is 6.10 Å². The zero-order valence-corrected chi connectivity index (χ0v) is 13.8. The Labute approximate surface area is 137 Å². The van der Waals surface area contributed by atoms with E-state index in [-0.39, 0.29) is 13.0 Å². The monoisotopic (exact) mass is 326 g/mol. The highest BCUT2D eigenvalue weighted by Crippen LogP contribution is 2.13. The Hall–Kier alpha value is -1.63. The van der Waals surface area contributed by atoms with Crippen molar-refractivity contribution in [2.24, 2.45) is 0 Å². The zero-order valence-electron chi connectivity index (χ0n) is 13.8. The molecule has 1 atom stereocenters. The molecule has 0 bridgehead atoms. The van der Waals surface area contributed by atoms with E-state index in [4.69, 9.17) is 18.9 Å². The van der Waals surface area contributed by atoms with Crippen molar-refractivity contribution in [3.05, 3.63) is 29.8 Å². The molecule has 1 aromatic rings. The van der Waals surface area contributed by atoms with E-state index in [9.17, 15) is 9.90 Å². The number of carbonyl (C=O) groups excluding carboxylic acids is 1. The summed E-state index contributed by atoms with van der Waals surface area (Å²) in [5, 5.41) is 9.70. The van der Waals surface area contributed by atoms with Crippen molar-refractivity contribution >= 4 is 5.97 Å².